The number of nitrogens with one attached hydrogen (secondary N) is 1. The lowest BCUT2D eigenvalue weighted by molar-refractivity contribution is 0.00578. The van der Waals surface area contributed by atoms with E-state index >= 15 is 0 Å². The SMILES string of the molecule is CNC(=O)c1ccc(B2OC(C)(C)C(C)(C)O2)c(C=O)n1. The second kappa shape index (κ2) is 5.24. The summed E-state index contributed by atoms with van der Waals surface area (Å²) in [7, 11) is 0.827. The molecule has 1 saturated heterocycles. The number of aromatic nitrogens is 1. The molecule has 1 amide bonds. The Labute approximate surface area is 124 Å². The van der Waals surface area contributed by atoms with Crippen LogP contribution < -0.4 is 10.8 Å². The number of hydrogen-bond acceptors (Lipinski definition) is 5. The molecular weight excluding hydrogens is 271 g/mol. The number of nitrogens with zero attached hydrogens (tertiary/aromatic N) is 1. The minimum Gasteiger partial charge on any atom is -0.399 e. The molecule has 0 aliphatic carbocycles. The first-order chi connectivity index (χ1) is 9.71. The van der Waals surface area contributed by atoms with Crippen LogP contribution in [-0.4, -0.2) is 42.5 Å². The third-order valence-electron chi connectivity index (χ3n) is 4.04. The molecule has 1 aliphatic rings. The van der Waals surface area contributed by atoms with Crippen molar-refractivity contribution >= 4 is 24.8 Å². The van der Waals surface area contributed by atoms with Crippen LogP contribution in [-0.2, 0) is 9.31 Å². The van der Waals surface area contributed by atoms with E-state index < -0.39 is 18.3 Å². The van der Waals surface area contributed by atoms with Gasteiger partial charge in [0.05, 0.1) is 11.2 Å². The van der Waals surface area contributed by atoms with Gasteiger partial charge in [-0.3, -0.25) is 9.59 Å². The smallest absolute Gasteiger partial charge is 0.399 e. The number of pyridine rings is 1. The molecule has 0 radical (unpaired) electrons. The monoisotopic (exact) mass is 290 g/mol. The van der Waals surface area contributed by atoms with Crippen molar-refractivity contribution in [1.82, 2.24) is 10.3 Å². The van der Waals surface area contributed by atoms with Gasteiger partial charge in [-0.1, -0.05) is 6.07 Å². The third-order valence-corrected chi connectivity index (χ3v) is 4.04. The highest BCUT2D eigenvalue weighted by atomic mass is 16.7. The van der Waals surface area contributed by atoms with E-state index in [0.29, 0.717) is 11.7 Å². The summed E-state index contributed by atoms with van der Waals surface area (Å²) in [5.41, 5.74) is -0.153. The quantitative estimate of drug-likeness (QED) is 0.650. The van der Waals surface area contributed by atoms with Gasteiger partial charge in [0.1, 0.15) is 11.4 Å². The van der Waals surface area contributed by atoms with Crippen molar-refractivity contribution in [3.8, 4) is 0 Å². The average Bonchev–Trinajstić information content (AvgIpc) is 2.65. The fourth-order valence-corrected chi connectivity index (χ4v) is 2.00. The average molecular weight is 290 g/mol. The topological polar surface area (TPSA) is 77.5 Å². The van der Waals surface area contributed by atoms with Gasteiger partial charge in [-0.25, -0.2) is 4.98 Å². The Bertz CT molecular complexity index is 570. The molecule has 1 aromatic rings. The molecule has 0 saturated carbocycles. The van der Waals surface area contributed by atoms with Crippen LogP contribution in [0.25, 0.3) is 0 Å². The van der Waals surface area contributed by atoms with E-state index in [-0.39, 0.29) is 17.3 Å². The number of aldehydes is 1. The lowest BCUT2D eigenvalue weighted by Gasteiger charge is -2.32. The Morgan fingerprint density at radius 3 is 2.29 bits per heavy atom. The van der Waals surface area contributed by atoms with Crippen LogP contribution in [0.15, 0.2) is 12.1 Å². The zero-order chi connectivity index (χ0) is 15.8. The molecule has 112 valence electrons. The van der Waals surface area contributed by atoms with E-state index in [1.165, 1.54) is 7.05 Å². The summed E-state index contributed by atoms with van der Waals surface area (Å²) in [6.07, 6.45) is 0.604. The summed E-state index contributed by atoms with van der Waals surface area (Å²) in [5.74, 6) is -0.349. The fourth-order valence-electron chi connectivity index (χ4n) is 2.00. The van der Waals surface area contributed by atoms with Crippen molar-refractivity contribution in [2.45, 2.75) is 38.9 Å². The highest BCUT2D eigenvalue weighted by molar-refractivity contribution is 6.63. The first-order valence-corrected chi connectivity index (χ1v) is 6.75. The predicted molar refractivity (Wildman–Crippen MR) is 78.7 cm³/mol. The number of rotatable bonds is 3. The first kappa shape index (κ1) is 15.7. The van der Waals surface area contributed by atoms with Crippen molar-refractivity contribution in [2.75, 3.05) is 7.05 Å². The van der Waals surface area contributed by atoms with Crippen LogP contribution in [0, 0.1) is 0 Å². The summed E-state index contributed by atoms with van der Waals surface area (Å²) in [5, 5.41) is 2.47. The van der Waals surface area contributed by atoms with Crippen LogP contribution in [0.4, 0.5) is 0 Å². The zero-order valence-electron chi connectivity index (χ0n) is 12.9. The highest BCUT2D eigenvalue weighted by Crippen LogP contribution is 2.36. The number of amides is 1. The van der Waals surface area contributed by atoms with Gasteiger partial charge in [0, 0.05) is 12.5 Å². The van der Waals surface area contributed by atoms with Gasteiger partial charge >= 0.3 is 7.12 Å². The molecule has 0 unspecified atom stereocenters. The van der Waals surface area contributed by atoms with E-state index in [1.54, 1.807) is 12.1 Å². The van der Waals surface area contributed by atoms with Crippen molar-refractivity contribution in [3.05, 3.63) is 23.5 Å². The van der Waals surface area contributed by atoms with Gasteiger partial charge < -0.3 is 14.6 Å². The molecule has 1 aliphatic heterocycles. The second-order valence-corrected chi connectivity index (χ2v) is 5.96. The standard InChI is InChI=1S/C14H19BN2O4/c1-13(2)14(3,4)21-15(20-13)9-6-7-10(12(19)16-5)17-11(9)8-18/h6-8H,1-5H3,(H,16,19). The second-order valence-electron chi connectivity index (χ2n) is 5.96. The molecule has 1 fully saturated rings. The Kier molecular flexibility index (Phi) is 3.90. The molecule has 0 bridgehead atoms. The molecule has 6 nitrogen and oxygen atoms in total. The maximum absolute atomic E-state index is 11.6. The largest absolute Gasteiger partial charge is 0.497 e. The van der Waals surface area contributed by atoms with Gasteiger partial charge in [0.25, 0.3) is 5.91 Å². The number of carbonyl (C=O) groups is 2. The molecule has 7 heteroatoms. The van der Waals surface area contributed by atoms with Crippen molar-refractivity contribution in [2.24, 2.45) is 0 Å². The summed E-state index contributed by atoms with van der Waals surface area (Å²) < 4.78 is 11.8. The fraction of sp³-hybridized carbons (Fsp3) is 0.500. The summed E-state index contributed by atoms with van der Waals surface area (Å²) in [4.78, 5) is 26.9. The predicted octanol–water partition coefficient (Wildman–Crippen LogP) is 0.553. The Morgan fingerprint density at radius 2 is 1.81 bits per heavy atom. The minimum atomic E-state index is -0.679. The minimum absolute atomic E-state index is 0.148. The van der Waals surface area contributed by atoms with E-state index in [4.69, 9.17) is 9.31 Å². The van der Waals surface area contributed by atoms with Crippen molar-refractivity contribution in [1.29, 1.82) is 0 Å². The van der Waals surface area contributed by atoms with Gasteiger partial charge in [0.15, 0.2) is 6.29 Å². The molecule has 1 aromatic heterocycles. The molecule has 21 heavy (non-hydrogen) atoms. The summed E-state index contributed by atoms with van der Waals surface area (Å²) in [6, 6.07) is 3.19. The normalized spacial score (nSPS) is 19.4. The van der Waals surface area contributed by atoms with Crippen molar-refractivity contribution in [3.63, 3.8) is 0 Å². The van der Waals surface area contributed by atoms with Crippen LogP contribution in [0.5, 0.6) is 0 Å². The molecule has 0 aromatic carbocycles. The molecule has 1 N–H and O–H groups in total. The van der Waals surface area contributed by atoms with Gasteiger partial charge in [-0.05, 0) is 33.8 Å². The Morgan fingerprint density at radius 1 is 1.24 bits per heavy atom. The van der Waals surface area contributed by atoms with E-state index in [2.05, 4.69) is 10.3 Å². The van der Waals surface area contributed by atoms with Crippen LogP contribution in [0.1, 0.15) is 48.7 Å². The first-order valence-electron chi connectivity index (χ1n) is 6.75. The summed E-state index contributed by atoms with van der Waals surface area (Å²) in [6.45, 7) is 7.72. The summed E-state index contributed by atoms with van der Waals surface area (Å²) >= 11 is 0. The van der Waals surface area contributed by atoms with Crippen LogP contribution in [0.3, 0.4) is 0 Å². The van der Waals surface area contributed by atoms with Crippen LogP contribution in [0.2, 0.25) is 0 Å². The molecular formula is C14H19BN2O4. The molecule has 2 rings (SSSR count). The molecule has 0 spiro atoms. The van der Waals surface area contributed by atoms with Gasteiger partial charge in [0.2, 0.25) is 0 Å². The highest BCUT2D eigenvalue weighted by Gasteiger charge is 2.52. The van der Waals surface area contributed by atoms with E-state index in [0.717, 1.165) is 0 Å². The number of hydrogen-bond donors (Lipinski definition) is 1. The van der Waals surface area contributed by atoms with E-state index in [1.807, 2.05) is 27.7 Å². The lowest BCUT2D eigenvalue weighted by atomic mass is 9.78. The molecule has 2 heterocycles. The Balaban J connectivity index is 2.38. The number of carbonyl (C=O) groups excluding carboxylic acids is 2. The maximum atomic E-state index is 11.6. The van der Waals surface area contributed by atoms with E-state index in [9.17, 15) is 9.59 Å². The lowest BCUT2D eigenvalue weighted by Crippen LogP contribution is -2.41. The van der Waals surface area contributed by atoms with Crippen LogP contribution >= 0.6 is 0 Å². The van der Waals surface area contributed by atoms with Gasteiger partial charge in [-0.2, -0.15) is 0 Å². The van der Waals surface area contributed by atoms with Gasteiger partial charge in [-0.15, -0.1) is 0 Å². The molecule has 0 atom stereocenters. The zero-order valence-corrected chi connectivity index (χ0v) is 12.9. The maximum Gasteiger partial charge on any atom is 0.497 e. The Hall–Kier alpha value is -1.73. The third kappa shape index (κ3) is 2.71. The van der Waals surface area contributed by atoms with Crippen molar-refractivity contribution < 1.29 is 18.9 Å².